The lowest BCUT2D eigenvalue weighted by Gasteiger charge is -1.82. The molecule has 1 aromatic heterocycles. The standard InChI is InChI=1S/C6H7N.2ClH/c1-6-4-2-3-5-7-6;;/h2-5H,1H3;2*1H/p-1. The molecule has 0 fully saturated rings. The molecule has 0 radical (unpaired) electrons. The number of pyridine rings is 1. The zero-order valence-electron chi connectivity index (χ0n) is 5.04. The van der Waals surface area contributed by atoms with Crippen LogP contribution in [0.2, 0.25) is 0 Å². The van der Waals surface area contributed by atoms with Crippen molar-refractivity contribution in [2.45, 2.75) is 6.92 Å². The molecule has 0 bridgehead atoms. The number of halogens is 2. The molecule has 1 aromatic rings. The number of hydrogen-bond acceptors (Lipinski definition) is 1. The summed E-state index contributed by atoms with van der Waals surface area (Å²) in [6.45, 7) is 1.97. The number of nitrogens with zero attached hydrogens (tertiary/aromatic N) is 1. The van der Waals surface area contributed by atoms with Gasteiger partial charge in [-0.15, -0.1) is 12.4 Å². The lowest BCUT2D eigenvalue weighted by molar-refractivity contribution is -0.00000178. The Balaban J connectivity index is 0. The average molecular weight is 165 g/mol. The highest BCUT2D eigenvalue weighted by atomic mass is 35.5. The molecule has 0 N–H and O–H groups in total. The maximum absolute atomic E-state index is 3.98. The molecule has 0 aromatic carbocycles. The van der Waals surface area contributed by atoms with Gasteiger partial charge in [0, 0.05) is 11.9 Å². The summed E-state index contributed by atoms with van der Waals surface area (Å²) >= 11 is 0. The van der Waals surface area contributed by atoms with Crippen LogP contribution in [0.1, 0.15) is 5.69 Å². The van der Waals surface area contributed by atoms with Crippen LogP contribution in [-0.2, 0) is 0 Å². The summed E-state index contributed by atoms with van der Waals surface area (Å²) in [5.74, 6) is 0. The van der Waals surface area contributed by atoms with Gasteiger partial charge in [-0.2, -0.15) is 0 Å². The van der Waals surface area contributed by atoms with E-state index in [2.05, 4.69) is 4.98 Å². The number of aromatic nitrogens is 1. The zero-order valence-corrected chi connectivity index (χ0v) is 6.62. The maximum atomic E-state index is 3.98. The van der Waals surface area contributed by atoms with Crippen LogP contribution in [0.4, 0.5) is 0 Å². The van der Waals surface area contributed by atoms with Crippen molar-refractivity contribution in [1.82, 2.24) is 4.98 Å². The van der Waals surface area contributed by atoms with Crippen LogP contribution >= 0.6 is 12.4 Å². The molecule has 0 aliphatic heterocycles. The molecule has 0 aliphatic rings. The SMILES string of the molecule is Cc1ccccn1.Cl.[Cl-]. The zero-order chi connectivity index (χ0) is 5.11. The molecular weight excluding hydrogens is 157 g/mol. The van der Waals surface area contributed by atoms with Crippen LogP contribution < -0.4 is 12.4 Å². The van der Waals surface area contributed by atoms with Gasteiger partial charge in [0.05, 0.1) is 0 Å². The van der Waals surface area contributed by atoms with Crippen molar-refractivity contribution in [3.8, 4) is 0 Å². The highest BCUT2D eigenvalue weighted by molar-refractivity contribution is 5.85. The van der Waals surface area contributed by atoms with E-state index in [1.54, 1.807) is 6.20 Å². The van der Waals surface area contributed by atoms with Gasteiger partial charge in [0.1, 0.15) is 0 Å². The Morgan fingerprint density at radius 3 is 2.22 bits per heavy atom. The van der Waals surface area contributed by atoms with E-state index in [-0.39, 0.29) is 24.8 Å². The summed E-state index contributed by atoms with van der Waals surface area (Å²) in [4.78, 5) is 3.98. The van der Waals surface area contributed by atoms with Crippen LogP contribution in [0.25, 0.3) is 0 Å². The third-order valence-corrected chi connectivity index (χ3v) is 0.813. The number of hydrogen-bond donors (Lipinski definition) is 0. The molecule has 0 spiro atoms. The molecule has 0 unspecified atom stereocenters. The van der Waals surface area contributed by atoms with E-state index in [1.807, 2.05) is 25.1 Å². The second-order valence-corrected chi connectivity index (χ2v) is 1.47. The van der Waals surface area contributed by atoms with E-state index < -0.39 is 0 Å². The van der Waals surface area contributed by atoms with Gasteiger partial charge in [0.25, 0.3) is 0 Å². The monoisotopic (exact) mass is 164 g/mol. The summed E-state index contributed by atoms with van der Waals surface area (Å²) in [5.41, 5.74) is 1.07. The van der Waals surface area contributed by atoms with E-state index in [9.17, 15) is 0 Å². The predicted molar refractivity (Wildman–Crippen MR) is 36.2 cm³/mol. The van der Waals surface area contributed by atoms with Crippen LogP contribution in [0.5, 0.6) is 0 Å². The molecule has 1 nitrogen and oxygen atoms in total. The van der Waals surface area contributed by atoms with E-state index in [1.165, 1.54) is 0 Å². The molecule has 0 atom stereocenters. The van der Waals surface area contributed by atoms with Crippen molar-refractivity contribution < 1.29 is 12.4 Å². The second kappa shape index (κ2) is 5.86. The summed E-state index contributed by atoms with van der Waals surface area (Å²) in [5, 5.41) is 0. The van der Waals surface area contributed by atoms with Crippen molar-refractivity contribution in [3.05, 3.63) is 30.1 Å². The molecule has 0 aliphatic carbocycles. The van der Waals surface area contributed by atoms with Crippen LogP contribution in [0.15, 0.2) is 24.4 Å². The molecule has 0 saturated heterocycles. The largest absolute Gasteiger partial charge is 1.00 e. The Bertz CT molecular complexity index is 141. The second-order valence-electron chi connectivity index (χ2n) is 1.47. The summed E-state index contributed by atoms with van der Waals surface area (Å²) in [6.07, 6.45) is 1.79. The highest BCUT2D eigenvalue weighted by Crippen LogP contribution is 1.85. The lowest BCUT2D eigenvalue weighted by Crippen LogP contribution is -3.00. The van der Waals surface area contributed by atoms with E-state index >= 15 is 0 Å². The molecule has 1 rings (SSSR count). The quantitative estimate of drug-likeness (QED) is 0.471. The molecule has 0 saturated carbocycles. The smallest absolute Gasteiger partial charge is 0.0372 e. The van der Waals surface area contributed by atoms with E-state index in [4.69, 9.17) is 0 Å². The van der Waals surface area contributed by atoms with Crippen LogP contribution in [0.3, 0.4) is 0 Å². The summed E-state index contributed by atoms with van der Waals surface area (Å²) in [6, 6.07) is 5.86. The summed E-state index contributed by atoms with van der Waals surface area (Å²) < 4.78 is 0. The minimum Gasteiger partial charge on any atom is -1.00 e. The van der Waals surface area contributed by atoms with Gasteiger partial charge in [-0.25, -0.2) is 0 Å². The van der Waals surface area contributed by atoms with Crippen molar-refractivity contribution in [2.75, 3.05) is 0 Å². The minimum absolute atomic E-state index is 0. The molecule has 3 heteroatoms. The van der Waals surface area contributed by atoms with Crippen LogP contribution in [-0.4, -0.2) is 4.98 Å². The Kier molecular flexibility index (Phi) is 7.50. The van der Waals surface area contributed by atoms with E-state index in [0.29, 0.717) is 0 Å². The molecular formula is C6H8Cl2N-. The Labute approximate surface area is 67.3 Å². The van der Waals surface area contributed by atoms with Crippen molar-refractivity contribution >= 4 is 12.4 Å². The Morgan fingerprint density at radius 2 is 2.00 bits per heavy atom. The first kappa shape index (κ1) is 11.5. The third kappa shape index (κ3) is 4.25. The molecule has 52 valence electrons. The van der Waals surface area contributed by atoms with E-state index in [0.717, 1.165) is 5.69 Å². The topological polar surface area (TPSA) is 12.9 Å². The average Bonchev–Trinajstić information content (AvgIpc) is 1.69. The minimum atomic E-state index is 0. The number of aryl methyl sites for hydroxylation is 1. The Hall–Kier alpha value is -0.270. The van der Waals surface area contributed by atoms with Crippen molar-refractivity contribution in [1.29, 1.82) is 0 Å². The third-order valence-electron chi connectivity index (χ3n) is 0.813. The summed E-state index contributed by atoms with van der Waals surface area (Å²) in [7, 11) is 0. The molecule has 9 heavy (non-hydrogen) atoms. The lowest BCUT2D eigenvalue weighted by atomic mass is 10.4. The number of rotatable bonds is 0. The van der Waals surface area contributed by atoms with Gasteiger partial charge < -0.3 is 12.4 Å². The first-order valence-corrected chi connectivity index (χ1v) is 2.27. The van der Waals surface area contributed by atoms with Crippen molar-refractivity contribution in [3.63, 3.8) is 0 Å². The van der Waals surface area contributed by atoms with Gasteiger partial charge in [-0.1, -0.05) is 6.07 Å². The fourth-order valence-corrected chi connectivity index (χ4v) is 0.448. The maximum Gasteiger partial charge on any atom is 0.0372 e. The normalized spacial score (nSPS) is 6.78. The molecule has 0 amide bonds. The fraction of sp³-hybridized carbons (Fsp3) is 0.167. The first-order chi connectivity index (χ1) is 3.39. The fourth-order valence-electron chi connectivity index (χ4n) is 0.448. The Morgan fingerprint density at radius 1 is 1.33 bits per heavy atom. The van der Waals surface area contributed by atoms with Gasteiger partial charge >= 0.3 is 0 Å². The van der Waals surface area contributed by atoms with Gasteiger partial charge in [0.15, 0.2) is 0 Å². The van der Waals surface area contributed by atoms with Crippen molar-refractivity contribution in [2.24, 2.45) is 0 Å². The van der Waals surface area contributed by atoms with Gasteiger partial charge in [-0.05, 0) is 19.1 Å². The van der Waals surface area contributed by atoms with Gasteiger partial charge in [0.2, 0.25) is 0 Å². The predicted octanol–water partition coefficient (Wildman–Crippen LogP) is -1.18. The van der Waals surface area contributed by atoms with Crippen LogP contribution in [0, 0.1) is 6.92 Å². The highest BCUT2D eigenvalue weighted by Gasteiger charge is 1.73. The molecule has 1 heterocycles. The van der Waals surface area contributed by atoms with Gasteiger partial charge in [-0.3, -0.25) is 4.98 Å². The first-order valence-electron chi connectivity index (χ1n) is 2.27.